The van der Waals surface area contributed by atoms with Gasteiger partial charge in [-0.05, 0) is 49.7 Å². The predicted octanol–water partition coefficient (Wildman–Crippen LogP) is 3.80. The Morgan fingerprint density at radius 3 is 2.75 bits per heavy atom. The number of aromatic nitrogens is 2. The first-order valence-corrected chi connectivity index (χ1v) is 6.85. The van der Waals surface area contributed by atoms with Crippen LogP contribution in [0.3, 0.4) is 0 Å². The van der Waals surface area contributed by atoms with Crippen molar-refractivity contribution in [3.63, 3.8) is 0 Å². The van der Waals surface area contributed by atoms with Crippen LogP contribution in [0.1, 0.15) is 17.0 Å². The summed E-state index contributed by atoms with van der Waals surface area (Å²) in [4.78, 5) is 4.34. The van der Waals surface area contributed by atoms with Crippen molar-refractivity contribution in [1.29, 1.82) is 0 Å². The molecule has 0 aliphatic heterocycles. The molecule has 0 amide bonds. The van der Waals surface area contributed by atoms with Crippen molar-refractivity contribution in [1.82, 2.24) is 9.55 Å². The number of rotatable bonds is 3. The lowest BCUT2D eigenvalue weighted by atomic mass is 10.2. The Morgan fingerprint density at radius 1 is 1.15 bits per heavy atom. The van der Waals surface area contributed by atoms with Gasteiger partial charge < -0.3 is 9.88 Å². The molecule has 0 radical (unpaired) electrons. The lowest BCUT2D eigenvalue weighted by Crippen LogP contribution is -2.01. The zero-order valence-corrected chi connectivity index (χ0v) is 12.1. The highest BCUT2D eigenvalue weighted by Gasteiger charge is 2.05. The lowest BCUT2D eigenvalue weighted by molar-refractivity contribution is 0.837. The molecular weight excluding hydrogens is 246 g/mol. The van der Waals surface area contributed by atoms with E-state index in [1.54, 1.807) is 0 Å². The minimum absolute atomic E-state index is 0.847. The normalized spacial score (nSPS) is 10.9. The molecule has 0 bridgehead atoms. The fourth-order valence-electron chi connectivity index (χ4n) is 2.50. The van der Waals surface area contributed by atoms with Crippen LogP contribution < -0.4 is 5.32 Å². The topological polar surface area (TPSA) is 29.9 Å². The standard InChI is InChI=1S/C17H19N3/c1-12-9-15(13(2)20(12)3)11-19-16-6-7-17-14(10-16)5-4-8-18-17/h4-10,19H,11H2,1-3H3. The first kappa shape index (κ1) is 12.7. The first-order chi connectivity index (χ1) is 9.65. The smallest absolute Gasteiger partial charge is 0.0703 e. The molecule has 0 spiro atoms. The SMILES string of the molecule is Cc1cc(CNc2ccc3ncccc3c2)c(C)n1C. The molecule has 3 heteroatoms. The highest BCUT2D eigenvalue weighted by Crippen LogP contribution is 2.19. The van der Waals surface area contributed by atoms with E-state index >= 15 is 0 Å². The fraction of sp³-hybridized carbons (Fsp3) is 0.235. The van der Waals surface area contributed by atoms with Gasteiger partial charge in [0.25, 0.3) is 0 Å². The molecule has 0 fully saturated rings. The third-order valence-corrected chi connectivity index (χ3v) is 3.97. The third kappa shape index (κ3) is 2.27. The van der Waals surface area contributed by atoms with Gasteiger partial charge in [0, 0.05) is 42.3 Å². The zero-order chi connectivity index (χ0) is 14.1. The van der Waals surface area contributed by atoms with Crippen LogP contribution in [0.25, 0.3) is 10.9 Å². The molecule has 102 valence electrons. The number of benzene rings is 1. The summed E-state index contributed by atoms with van der Waals surface area (Å²) in [6.45, 7) is 5.14. The number of pyridine rings is 1. The van der Waals surface area contributed by atoms with E-state index in [1.807, 2.05) is 12.3 Å². The van der Waals surface area contributed by atoms with Crippen LogP contribution in [0.4, 0.5) is 5.69 Å². The van der Waals surface area contributed by atoms with Gasteiger partial charge in [0.15, 0.2) is 0 Å². The van der Waals surface area contributed by atoms with Gasteiger partial charge in [-0.25, -0.2) is 0 Å². The molecule has 1 aromatic carbocycles. The molecule has 3 nitrogen and oxygen atoms in total. The van der Waals surface area contributed by atoms with E-state index in [-0.39, 0.29) is 0 Å². The van der Waals surface area contributed by atoms with E-state index in [9.17, 15) is 0 Å². The molecule has 0 saturated heterocycles. The average Bonchev–Trinajstić information content (AvgIpc) is 2.72. The lowest BCUT2D eigenvalue weighted by Gasteiger charge is -2.08. The Balaban J connectivity index is 1.81. The number of fused-ring (bicyclic) bond motifs is 1. The molecule has 20 heavy (non-hydrogen) atoms. The number of nitrogens with zero attached hydrogens (tertiary/aromatic N) is 2. The molecule has 1 N–H and O–H groups in total. The van der Waals surface area contributed by atoms with Crippen molar-refractivity contribution in [3.05, 3.63) is 59.5 Å². The first-order valence-electron chi connectivity index (χ1n) is 6.85. The number of aryl methyl sites for hydroxylation is 1. The van der Waals surface area contributed by atoms with Gasteiger partial charge in [-0.1, -0.05) is 6.07 Å². The van der Waals surface area contributed by atoms with Crippen LogP contribution in [0.5, 0.6) is 0 Å². The van der Waals surface area contributed by atoms with E-state index in [2.05, 4.69) is 66.1 Å². The molecule has 2 aromatic heterocycles. The summed E-state index contributed by atoms with van der Waals surface area (Å²) >= 11 is 0. The molecule has 3 aromatic rings. The number of nitrogens with one attached hydrogen (secondary N) is 1. The quantitative estimate of drug-likeness (QED) is 0.780. The summed E-state index contributed by atoms with van der Waals surface area (Å²) in [6, 6.07) is 12.6. The van der Waals surface area contributed by atoms with Crippen LogP contribution in [0, 0.1) is 13.8 Å². The molecule has 0 unspecified atom stereocenters. The molecular formula is C17H19N3. The van der Waals surface area contributed by atoms with E-state index in [0.29, 0.717) is 0 Å². The Hall–Kier alpha value is -2.29. The maximum Gasteiger partial charge on any atom is 0.0703 e. The molecule has 0 atom stereocenters. The number of hydrogen-bond donors (Lipinski definition) is 1. The zero-order valence-electron chi connectivity index (χ0n) is 12.1. The number of anilines is 1. The van der Waals surface area contributed by atoms with Crippen molar-refractivity contribution in [3.8, 4) is 0 Å². The van der Waals surface area contributed by atoms with Gasteiger partial charge in [0.1, 0.15) is 0 Å². The van der Waals surface area contributed by atoms with E-state index < -0.39 is 0 Å². The maximum atomic E-state index is 4.34. The van der Waals surface area contributed by atoms with Crippen LogP contribution in [-0.2, 0) is 13.6 Å². The second kappa shape index (κ2) is 5.00. The Kier molecular flexibility index (Phi) is 3.18. The van der Waals surface area contributed by atoms with Gasteiger partial charge in [0.2, 0.25) is 0 Å². The van der Waals surface area contributed by atoms with Crippen molar-refractivity contribution < 1.29 is 0 Å². The van der Waals surface area contributed by atoms with Gasteiger partial charge >= 0.3 is 0 Å². The Bertz CT molecular complexity index is 756. The van der Waals surface area contributed by atoms with Crippen LogP contribution in [0.15, 0.2) is 42.6 Å². The molecule has 2 heterocycles. The van der Waals surface area contributed by atoms with Crippen molar-refractivity contribution in [2.24, 2.45) is 7.05 Å². The minimum Gasteiger partial charge on any atom is -0.381 e. The second-order valence-corrected chi connectivity index (χ2v) is 5.22. The highest BCUT2D eigenvalue weighted by atomic mass is 15.0. The Morgan fingerprint density at radius 2 is 2.00 bits per heavy atom. The van der Waals surface area contributed by atoms with E-state index in [1.165, 1.54) is 22.3 Å². The monoisotopic (exact) mass is 265 g/mol. The predicted molar refractivity (Wildman–Crippen MR) is 84.0 cm³/mol. The summed E-state index contributed by atoms with van der Waals surface area (Å²) in [5.41, 5.74) is 6.12. The van der Waals surface area contributed by atoms with Crippen molar-refractivity contribution in [2.45, 2.75) is 20.4 Å². The van der Waals surface area contributed by atoms with Gasteiger partial charge in [-0.3, -0.25) is 4.98 Å². The average molecular weight is 265 g/mol. The van der Waals surface area contributed by atoms with E-state index in [0.717, 1.165) is 17.7 Å². The van der Waals surface area contributed by atoms with Crippen LogP contribution >= 0.6 is 0 Å². The number of hydrogen-bond acceptors (Lipinski definition) is 2. The minimum atomic E-state index is 0.847. The van der Waals surface area contributed by atoms with Crippen molar-refractivity contribution >= 4 is 16.6 Å². The van der Waals surface area contributed by atoms with Gasteiger partial charge in [0.05, 0.1) is 5.52 Å². The summed E-state index contributed by atoms with van der Waals surface area (Å²) in [5.74, 6) is 0. The Labute approximate surface area is 119 Å². The van der Waals surface area contributed by atoms with Gasteiger partial charge in [-0.15, -0.1) is 0 Å². The summed E-state index contributed by atoms with van der Waals surface area (Å²) in [7, 11) is 2.11. The summed E-state index contributed by atoms with van der Waals surface area (Å²) in [6.07, 6.45) is 1.82. The van der Waals surface area contributed by atoms with Crippen molar-refractivity contribution in [2.75, 3.05) is 5.32 Å². The molecule has 0 aliphatic rings. The molecule has 3 rings (SSSR count). The fourth-order valence-corrected chi connectivity index (χ4v) is 2.50. The third-order valence-electron chi connectivity index (χ3n) is 3.97. The second-order valence-electron chi connectivity index (χ2n) is 5.22. The largest absolute Gasteiger partial charge is 0.381 e. The molecule has 0 aliphatic carbocycles. The maximum absolute atomic E-state index is 4.34. The van der Waals surface area contributed by atoms with Gasteiger partial charge in [-0.2, -0.15) is 0 Å². The summed E-state index contributed by atoms with van der Waals surface area (Å²) < 4.78 is 2.22. The highest BCUT2D eigenvalue weighted by molar-refractivity contribution is 5.82. The molecule has 0 saturated carbocycles. The van der Waals surface area contributed by atoms with Crippen LogP contribution in [0.2, 0.25) is 0 Å². The van der Waals surface area contributed by atoms with E-state index in [4.69, 9.17) is 0 Å². The summed E-state index contributed by atoms with van der Waals surface area (Å²) in [5, 5.41) is 4.66. The van der Waals surface area contributed by atoms with Crippen LogP contribution in [-0.4, -0.2) is 9.55 Å².